The Morgan fingerprint density at radius 1 is 1.11 bits per heavy atom. The van der Waals surface area contributed by atoms with Crippen LogP contribution in [0.5, 0.6) is 5.75 Å². The van der Waals surface area contributed by atoms with Crippen molar-refractivity contribution in [3.8, 4) is 5.75 Å². The fourth-order valence-electron chi connectivity index (χ4n) is 3.14. The monoisotopic (exact) mass is 525 g/mol. The van der Waals surface area contributed by atoms with Gasteiger partial charge >= 0.3 is 0 Å². The van der Waals surface area contributed by atoms with Gasteiger partial charge in [-0.2, -0.15) is 0 Å². The number of rotatable bonds is 8. The van der Waals surface area contributed by atoms with Crippen molar-refractivity contribution in [2.24, 2.45) is 0 Å². The molecule has 0 aliphatic heterocycles. The molecule has 0 unspecified atom stereocenters. The van der Waals surface area contributed by atoms with Crippen molar-refractivity contribution in [1.29, 1.82) is 0 Å². The highest BCUT2D eigenvalue weighted by Crippen LogP contribution is 2.35. The maximum absolute atomic E-state index is 13.6. The number of nitrogens with one attached hydrogen (secondary N) is 1. The van der Waals surface area contributed by atoms with Crippen LogP contribution in [0.1, 0.15) is 5.56 Å². The maximum Gasteiger partial charge on any atom is 0.273 e. The third kappa shape index (κ3) is 5.66. The van der Waals surface area contributed by atoms with Gasteiger partial charge in [-0.05, 0) is 43.3 Å². The van der Waals surface area contributed by atoms with Gasteiger partial charge in [0.1, 0.15) is 12.3 Å². The lowest BCUT2D eigenvalue weighted by molar-refractivity contribution is -0.385. The number of aryl methyl sites for hydroxylation is 1. The molecule has 0 spiro atoms. The molecule has 3 rings (SSSR count). The molecule has 35 heavy (non-hydrogen) atoms. The van der Waals surface area contributed by atoms with E-state index in [1.165, 1.54) is 38.3 Å². The molecule has 0 radical (unpaired) electrons. The molecule has 0 aliphatic carbocycles. The largest absolute Gasteiger partial charge is 0.495 e. The number of carbonyl (C=O) groups excluding carboxylic acids is 1. The molecule has 0 saturated carbocycles. The summed E-state index contributed by atoms with van der Waals surface area (Å²) < 4.78 is 59.8. The summed E-state index contributed by atoms with van der Waals surface area (Å²) >= 11 is 6.06. The van der Waals surface area contributed by atoms with Gasteiger partial charge < -0.3 is 10.1 Å². The topological polar surface area (TPSA) is 119 Å². The molecule has 0 heterocycles. The molecule has 3 aromatic carbocycles. The molecule has 0 fully saturated rings. The Bertz CT molecular complexity index is 1420. The molecular weight excluding hydrogens is 508 g/mol. The van der Waals surface area contributed by atoms with Crippen LogP contribution in [0.4, 0.5) is 25.8 Å². The lowest BCUT2D eigenvalue weighted by Gasteiger charge is -2.26. The molecule has 1 N–H and O–H groups in total. The van der Waals surface area contributed by atoms with Gasteiger partial charge in [0, 0.05) is 28.4 Å². The Labute approximate surface area is 204 Å². The van der Waals surface area contributed by atoms with Crippen LogP contribution < -0.4 is 14.4 Å². The Hall–Kier alpha value is -3.77. The lowest BCUT2D eigenvalue weighted by Crippen LogP contribution is -2.38. The number of ether oxygens (including phenoxy) is 1. The molecule has 0 aromatic heterocycles. The number of anilines is 2. The summed E-state index contributed by atoms with van der Waals surface area (Å²) in [6.45, 7) is 0.598. The Morgan fingerprint density at radius 3 is 2.46 bits per heavy atom. The van der Waals surface area contributed by atoms with E-state index in [4.69, 9.17) is 16.3 Å². The third-order valence-corrected chi connectivity index (χ3v) is 6.86. The van der Waals surface area contributed by atoms with E-state index < -0.39 is 49.6 Å². The summed E-state index contributed by atoms with van der Waals surface area (Å²) in [5, 5.41) is 13.8. The predicted octanol–water partition coefficient (Wildman–Crippen LogP) is 4.68. The van der Waals surface area contributed by atoms with Gasteiger partial charge in [-0.15, -0.1) is 0 Å². The zero-order chi connectivity index (χ0) is 25.9. The van der Waals surface area contributed by atoms with Gasteiger partial charge in [0.15, 0.2) is 11.6 Å². The van der Waals surface area contributed by atoms with Gasteiger partial charge in [-0.3, -0.25) is 19.2 Å². The first-order chi connectivity index (χ1) is 16.4. The molecule has 3 aromatic rings. The average molecular weight is 526 g/mol. The standard InChI is InChI=1S/C22H18ClF2N3O6S/c1-13-3-6-16(11-19(13)28(30)31)35(32,33)27(20-9-14(23)4-8-21(20)34-2)12-22(29)26-15-5-7-17(24)18(25)10-15/h3-11H,12H2,1-2H3,(H,26,29). The zero-order valence-corrected chi connectivity index (χ0v) is 19.9. The number of nitro benzene ring substituents is 1. The van der Waals surface area contributed by atoms with Gasteiger partial charge in [0.2, 0.25) is 5.91 Å². The molecule has 0 atom stereocenters. The number of hydrogen-bond donors (Lipinski definition) is 1. The first-order valence-electron chi connectivity index (χ1n) is 9.80. The van der Waals surface area contributed by atoms with Crippen molar-refractivity contribution in [1.82, 2.24) is 0 Å². The molecule has 0 bridgehead atoms. The number of sulfonamides is 1. The average Bonchev–Trinajstić information content (AvgIpc) is 2.79. The van der Waals surface area contributed by atoms with Crippen molar-refractivity contribution in [3.05, 3.63) is 86.9 Å². The molecule has 13 heteroatoms. The molecule has 9 nitrogen and oxygen atoms in total. The van der Waals surface area contributed by atoms with Crippen molar-refractivity contribution in [2.45, 2.75) is 11.8 Å². The second kappa shape index (κ2) is 10.2. The predicted molar refractivity (Wildman–Crippen MR) is 125 cm³/mol. The third-order valence-electron chi connectivity index (χ3n) is 4.87. The van der Waals surface area contributed by atoms with Crippen LogP contribution in [0.2, 0.25) is 5.02 Å². The quantitative estimate of drug-likeness (QED) is 0.337. The molecule has 184 valence electrons. The first kappa shape index (κ1) is 25.8. The Kier molecular flexibility index (Phi) is 7.56. The second-order valence-corrected chi connectivity index (χ2v) is 9.51. The first-order valence-corrected chi connectivity index (χ1v) is 11.6. The Balaban J connectivity index is 2.09. The summed E-state index contributed by atoms with van der Waals surface area (Å²) in [5.41, 5.74) is -0.439. The van der Waals surface area contributed by atoms with Gasteiger partial charge in [0.25, 0.3) is 15.7 Å². The molecule has 1 amide bonds. The van der Waals surface area contributed by atoms with Crippen LogP contribution >= 0.6 is 11.6 Å². The highest BCUT2D eigenvalue weighted by Gasteiger charge is 2.31. The van der Waals surface area contributed by atoms with Crippen molar-refractivity contribution < 1.29 is 31.7 Å². The van der Waals surface area contributed by atoms with Gasteiger partial charge in [0.05, 0.1) is 22.6 Å². The minimum Gasteiger partial charge on any atom is -0.495 e. The number of amides is 1. The van der Waals surface area contributed by atoms with E-state index in [1.54, 1.807) is 0 Å². The van der Waals surface area contributed by atoms with E-state index in [9.17, 15) is 32.1 Å². The fourth-order valence-corrected chi connectivity index (χ4v) is 4.75. The molecule has 0 saturated heterocycles. The lowest BCUT2D eigenvalue weighted by atomic mass is 10.2. The number of hydrogen-bond acceptors (Lipinski definition) is 6. The minimum absolute atomic E-state index is 0.0419. The summed E-state index contributed by atoms with van der Waals surface area (Å²) in [4.78, 5) is 22.9. The van der Waals surface area contributed by atoms with Crippen molar-refractivity contribution in [2.75, 3.05) is 23.3 Å². The highest BCUT2D eigenvalue weighted by atomic mass is 35.5. The number of benzene rings is 3. The van der Waals surface area contributed by atoms with E-state index in [-0.39, 0.29) is 27.7 Å². The number of nitrogens with zero attached hydrogens (tertiary/aromatic N) is 2. The fraction of sp³-hybridized carbons (Fsp3) is 0.136. The van der Waals surface area contributed by atoms with Crippen LogP contribution in [0.15, 0.2) is 59.5 Å². The van der Waals surface area contributed by atoms with Crippen molar-refractivity contribution >= 4 is 44.6 Å². The van der Waals surface area contributed by atoms with Crippen LogP contribution in [0.3, 0.4) is 0 Å². The van der Waals surface area contributed by atoms with Crippen LogP contribution in [0, 0.1) is 28.7 Å². The van der Waals surface area contributed by atoms with E-state index in [0.717, 1.165) is 30.3 Å². The number of halogens is 3. The maximum atomic E-state index is 13.6. The van der Waals surface area contributed by atoms with E-state index in [1.807, 2.05) is 0 Å². The van der Waals surface area contributed by atoms with E-state index in [0.29, 0.717) is 4.31 Å². The number of nitro groups is 1. The van der Waals surface area contributed by atoms with E-state index in [2.05, 4.69) is 5.32 Å². The molecular formula is C22H18ClF2N3O6S. The SMILES string of the molecule is COc1ccc(Cl)cc1N(CC(=O)Nc1ccc(F)c(F)c1)S(=O)(=O)c1ccc(C)c([N+](=O)[O-])c1. The van der Waals surface area contributed by atoms with Gasteiger partial charge in [-0.1, -0.05) is 17.7 Å². The van der Waals surface area contributed by atoms with Crippen LogP contribution in [-0.2, 0) is 14.8 Å². The highest BCUT2D eigenvalue weighted by molar-refractivity contribution is 7.92. The summed E-state index contributed by atoms with van der Waals surface area (Å²) in [7, 11) is -3.31. The zero-order valence-electron chi connectivity index (χ0n) is 18.3. The van der Waals surface area contributed by atoms with Crippen LogP contribution in [-0.4, -0.2) is 32.9 Å². The minimum atomic E-state index is -4.58. The summed E-state index contributed by atoms with van der Waals surface area (Å²) in [6.07, 6.45) is 0. The number of carbonyl (C=O) groups is 1. The summed E-state index contributed by atoms with van der Waals surface area (Å²) in [5.74, 6) is -3.21. The van der Waals surface area contributed by atoms with Gasteiger partial charge in [-0.25, -0.2) is 17.2 Å². The summed E-state index contributed by atoms with van der Waals surface area (Å²) in [6, 6.07) is 9.98. The van der Waals surface area contributed by atoms with Crippen LogP contribution in [0.25, 0.3) is 0 Å². The smallest absolute Gasteiger partial charge is 0.273 e. The molecule has 0 aliphatic rings. The van der Waals surface area contributed by atoms with E-state index >= 15 is 0 Å². The van der Waals surface area contributed by atoms with Crippen molar-refractivity contribution in [3.63, 3.8) is 0 Å². The number of methoxy groups -OCH3 is 1. The Morgan fingerprint density at radius 2 is 1.83 bits per heavy atom. The normalized spacial score (nSPS) is 11.1. The second-order valence-electron chi connectivity index (χ2n) is 7.21.